The molecule has 7 nitrogen and oxygen atoms in total. The molecule has 0 bridgehead atoms. The van der Waals surface area contributed by atoms with Crippen LogP contribution in [-0.4, -0.2) is 45.0 Å². The van der Waals surface area contributed by atoms with Gasteiger partial charge in [-0.2, -0.15) is 0 Å². The molecule has 0 spiro atoms. The van der Waals surface area contributed by atoms with Crippen LogP contribution in [0, 0.1) is 5.92 Å². The molecule has 2 atom stereocenters. The molecule has 0 amide bonds. The molecular weight excluding hydrogens is 280 g/mol. The van der Waals surface area contributed by atoms with Gasteiger partial charge < -0.3 is 24.1 Å². The van der Waals surface area contributed by atoms with E-state index in [1.54, 1.807) is 12.1 Å². The molecule has 0 unspecified atom stereocenters. The van der Waals surface area contributed by atoms with E-state index in [-0.39, 0.29) is 6.61 Å². The first-order valence-electron chi connectivity index (χ1n) is 6.22. The lowest BCUT2D eigenvalue weighted by atomic mass is 9.88. The van der Waals surface area contributed by atoms with Gasteiger partial charge in [0.25, 0.3) is 0 Å². The van der Waals surface area contributed by atoms with Crippen molar-refractivity contribution in [2.75, 3.05) is 27.9 Å². The molecule has 0 aliphatic carbocycles. The molecule has 114 valence electrons. The van der Waals surface area contributed by atoms with Gasteiger partial charge in [0, 0.05) is 5.92 Å². The van der Waals surface area contributed by atoms with E-state index in [0.717, 1.165) is 0 Å². The molecule has 0 aromatic heterocycles. The summed E-state index contributed by atoms with van der Waals surface area (Å²) in [5.74, 6) is -2.57. The lowest BCUT2D eigenvalue weighted by Crippen LogP contribution is -2.24. The topological polar surface area (TPSA) is 91.3 Å². The number of esters is 1. The van der Waals surface area contributed by atoms with E-state index in [9.17, 15) is 14.7 Å². The number of aliphatic carboxylic acids is 1. The van der Waals surface area contributed by atoms with Crippen LogP contribution >= 0.6 is 0 Å². The van der Waals surface area contributed by atoms with Crippen LogP contribution in [0.1, 0.15) is 11.5 Å². The molecule has 7 heteroatoms. The molecule has 0 saturated carbocycles. The predicted octanol–water partition coefficient (Wildman–Crippen LogP) is 1.05. The van der Waals surface area contributed by atoms with Crippen LogP contribution < -0.4 is 14.2 Å². The van der Waals surface area contributed by atoms with E-state index in [4.69, 9.17) is 18.9 Å². The highest BCUT2D eigenvalue weighted by molar-refractivity contribution is 5.96. The van der Waals surface area contributed by atoms with Crippen LogP contribution in [-0.2, 0) is 14.3 Å². The average molecular weight is 296 g/mol. The van der Waals surface area contributed by atoms with Crippen molar-refractivity contribution in [1.82, 2.24) is 0 Å². The van der Waals surface area contributed by atoms with Gasteiger partial charge in [-0.15, -0.1) is 0 Å². The molecule has 1 aromatic rings. The Morgan fingerprint density at radius 1 is 1.19 bits per heavy atom. The monoisotopic (exact) mass is 296 g/mol. The van der Waals surface area contributed by atoms with Crippen molar-refractivity contribution in [3.8, 4) is 17.2 Å². The van der Waals surface area contributed by atoms with E-state index in [1.807, 2.05) is 0 Å². The van der Waals surface area contributed by atoms with Crippen molar-refractivity contribution in [3.63, 3.8) is 0 Å². The highest BCUT2D eigenvalue weighted by Gasteiger charge is 2.43. The summed E-state index contributed by atoms with van der Waals surface area (Å²) in [5, 5.41) is 9.18. The second kappa shape index (κ2) is 5.90. The third-order valence-electron chi connectivity index (χ3n) is 3.44. The summed E-state index contributed by atoms with van der Waals surface area (Å²) in [6.45, 7) is 0.00837. The van der Waals surface area contributed by atoms with Crippen molar-refractivity contribution in [3.05, 3.63) is 17.7 Å². The Kier molecular flexibility index (Phi) is 4.21. The van der Waals surface area contributed by atoms with Gasteiger partial charge in [0.1, 0.15) is 0 Å². The van der Waals surface area contributed by atoms with Gasteiger partial charge in [-0.1, -0.05) is 0 Å². The minimum Gasteiger partial charge on any atom is -0.493 e. The fourth-order valence-electron chi connectivity index (χ4n) is 2.40. The Balaban J connectivity index is 2.49. The summed E-state index contributed by atoms with van der Waals surface area (Å²) in [7, 11) is 4.40. The fraction of sp³-hybridized carbons (Fsp3) is 0.429. The van der Waals surface area contributed by atoms with Gasteiger partial charge in [-0.25, -0.2) is 0 Å². The maximum Gasteiger partial charge on any atom is 0.321 e. The summed E-state index contributed by atoms with van der Waals surface area (Å²) in [6.07, 6.45) is 0. The Hall–Kier alpha value is -2.44. The van der Waals surface area contributed by atoms with Gasteiger partial charge >= 0.3 is 11.9 Å². The number of rotatable bonds is 5. The van der Waals surface area contributed by atoms with Gasteiger partial charge in [-0.3, -0.25) is 9.59 Å². The first-order valence-corrected chi connectivity index (χ1v) is 6.22. The second-order valence-electron chi connectivity index (χ2n) is 4.51. The van der Waals surface area contributed by atoms with E-state index >= 15 is 0 Å². The Bertz CT molecular complexity index is 541. The van der Waals surface area contributed by atoms with Crippen molar-refractivity contribution < 1.29 is 33.6 Å². The van der Waals surface area contributed by atoms with Crippen LogP contribution in [0.15, 0.2) is 12.1 Å². The Labute approximate surface area is 121 Å². The fourth-order valence-corrected chi connectivity index (χ4v) is 2.40. The third-order valence-corrected chi connectivity index (χ3v) is 3.44. The van der Waals surface area contributed by atoms with Crippen molar-refractivity contribution >= 4 is 11.9 Å². The standard InChI is InChI=1S/C14H16O7/c1-18-9-4-7(5-10(19-2)12(9)20-3)8-6-21-14(17)11(8)13(15)16/h4-5,8,11H,6H2,1-3H3,(H,15,16)/t8-,11+/m1/s1. The molecule has 0 radical (unpaired) electrons. The smallest absolute Gasteiger partial charge is 0.321 e. The first kappa shape index (κ1) is 15.0. The highest BCUT2D eigenvalue weighted by atomic mass is 16.5. The molecule has 1 aliphatic rings. The summed E-state index contributed by atoms with van der Waals surface area (Å²) < 4.78 is 20.5. The molecule has 1 heterocycles. The van der Waals surface area contributed by atoms with Crippen molar-refractivity contribution in [1.29, 1.82) is 0 Å². The Morgan fingerprint density at radius 3 is 2.19 bits per heavy atom. The van der Waals surface area contributed by atoms with Crippen LogP contribution in [0.25, 0.3) is 0 Å². The normalized spacial score (nSPS) is 20.8. The summed E-state index contributed by atoms with van der Waals surface area (Å²) in [5.41, 5.74) is 0.586. The second-order valence-corrected chi connectivity index (χ2v) is 4.51. The predicted molar refractivity (Wildman–Crippen MR) is 70.9 cm³/mol. The minimum atomic E-state index is -1.23. The number of carboxylic acid groups (broad SMARTS) is 1. The zero-order valence-corrected chi connectivity index (χ0v) is 11.9. The molecule has 1 aliphatic heterocycles. The quantitative estimate of drug-likeness (QED) is 0.641. The van der Waals surface area contributed by atoms with E-state index in [0.29, 0.717) is 22.8 Å². The summed E-state index contributed by atoms with van der Waals surface area (Å²) in [4.78, 5) is 22.8. The number of cyclic esters (lactones) is 1. The molecular formula is C14H16O7. The summed E-state index contributed by atoms with van der Waals surface area (Å²) >= 11 is 0. The molecule has 1 N–H and O–H groups in total. The lowest BCUT2D eigenvalue weighted by Gasteiger charge is -2.17. The lowest BCUT2D eigenvalue weighted by molar-refractivity contribution is -0.152. The number of hydrogen-bond donors (Lipinski definition) is 1. The third kappa shape index (κ3) is 2.58. The van der Waals surface area contributed by atoms with Crippen LogP contribution in [0.2, 0.25) is 0 Å². The maximum absolute atomic E-state index is 11.5. The van der Waals surface area contributed by atoms with E-state index in [1.165, 1.54) is 21.3 Å². The highest BCUT2D eigenvalue weighted by Crippen LogP contribution is 2.42. The largest absolute Gasteiger partial charge is 0.493 e. The first-order chi connectivity index (χ1) is 10.0. The van der Waals surface area contributed by atoms with Crippen molar-refractivity contribution in [2.45, 2.75) is 5.92 Å². The summed E-state index contributed by atoms with van der Waals surface area (Å²) in [6, 6.07) is 3.26. The van der Waals surface area contributed by atoms with Gasteiger partial charge in [0.2, 0.25) is 5.75 Å². The Morgan fingerprint density at radius 2 is 1.76 bits per heavy atom. The molecule has 1 saturated heterocycles. The number of benzene rings is 1. The maximum atomic E-state index is 11.5. The number of methoxy groups -OCH3 is 3. The van der Waals surface area contributed by atoms with Gasteiger partial charge in [0.15, 0.2) is 17.4 Å². The van der Waals surface area contributed by atoms with Crippen molar-refractivity contribution in [2.24, 2.45) is 5.92 Å². The zero-order valence-electron chi connectivity index (χ0n) is 11.9. The minimum absolute atomic E-state index is 0.00837. The molecule has 1 aromatic carbocycles. The molecule has 2 rings (SSSR count). The van der Waals surface area contributed by atoms with E-state index < -0.39 is 23.8 Å². The number of hydrogen-bond acceptors (Lipinski definition) is 6. The van der Waals surface area contributed by atoms with Crippen LogP contribution in [0.5, 0.6) is 17.2 Å². The van der Waals surface area contributed by atoms with Gasteiger partial charge in [0.05, 0.1) is 27.9 Å². The number of carboxylic acids is 1. The average Bonchev–Trinajstić information content (AvgIpc) is 2.87. The van der Waals surface area contributed by atoms with Gasteiger partial charge in [-0.05, 0) is 17.7 Å². The number of ether oxygens (including phenoxy) is 4. The number of carbonyl (C=O) groups is 2. The zero-order chi connectivity index (χ0) is 15.6. The molecule has 21 heavy (non-hydrogen) atoms. The molecule has 1 fully saturated rings. The number of carbonyl (C=O) groups excluding carboxylic acids is 1. The van der Waals surface area contributed by atoms with Crippen LogP contribution in [0.4, 0.5) is 0 Å². The van der Waals surface area contributed by atoms with Crippen LogP contribution in [0.3, 0.4) is 0 Å². The van der Waals surface area contributed by atoms with E-state index in [2.05, 4.69) is 0 Å². The SMILES string of the molecule is COc1cc([C@H]2COC(=O)[C@@H]2C(=O)O)cc(OC)c1OC.